The molecule has 2 aromatic rings. The summed E-state index contributed by atoms with van der Waals surface area (Å²) in [6.45, 7) is 5.25. The van der Waals surface area contributed by atoms with Crippen LogP contribution in [-0.4, -0.2) is 45.3 Å². The van der Waals surface area contributed by atoms with Crippen molar-refractivity contribution in [3.05, 3.63) is 41.9 Å². The molecule has 1 saturated heterocycles. The molecule has 1 atom stereocenters. The largest absolute Gasteiger partial charge is 0.417 e. The van der Waals surface area contributed by atoms with Crippen LogP contribution in [0.4, 0.5) is 19.0 Å². The Hall–Kier alpha value is -2.09. The van der Waals surface area contributed by atoms with E-state index in [9.17, 15) is 13.2 Å². The Bertz CT molecular complexity index is 680. The minimum Gasteiger partial charge on any atom is -0.354 e. The van der Waals surface area contributed by atoms with Crippen LogP contribution in [-0.2, 0) is 19.8 Å². The second-order valence-electron chi connectivity index (χ2n) is 6.19. The first-order valence-electron chi connectivity index (χ1n) is 7.82. The summed E-state index contributed by atoms with van der Waals surface area (Å²) in [6, 6.07) is 2.82. The van der Waals surface area contributed by atoms with E-state index in [2.05, 4.69) is 21.9 Å². The fourth-order valence-electron chi connectivity index (χ4n) is 2.97. The number of alkyl halides is 3. The Morgan fingerprint density at radius 1 is 1.21 bits per heavy atom. The maximum atomic E-state index is 12.6. The number of hydrogen-bond donors (Lipinski definition) is 0. The molecule has 0 saturated carbocycles. The normalized spacial score (nSPS) is 19.7. The van der Waals surface area contributed by atoms with E-state index in [1.807, 2.05) is 24.3 Å². The minimum atomic E-state index is -4.35. The van der Waals surface area contributed by atoms with E-state index < -0.39 is 11.7 Å². The molecule has 0 aromatic carbocycles. The second-order valence-corrected chi connectivity index (χ2v) is 6.19. The molecule has 8 heteroatoms. The fraction of sp³-hybridized carbons (Fsp3) is 0.500. The number of rotatable bonds is 3. The van der Waals surface area contributed by atoms with Gasteiger partial charge >= 0.3 is 6.18 Å². The van der Waals surface area contributed by atoms with E-state index in [4.69, 9.17) is 0 Å². The molecule has 5 nitrogen and oxygen atoms in total. The van der Waals surface area contributed by atoms with Crippen molar-refractivity contribution >= 4 is 5.82 Å². The highest BCUT2D eigenvalue weighted by atomic mass is 19.4. The van der Waals surface area contributed by atoms with E-state index >= 15 is 0 Å². The molecule has 1 aliphatic heterocycles. The highest BCUT2D eigenvalue weighted by Gasteiger charge is 2.31. The maximum absolute atomic E-state index is 12.6. The molecule has 0 bridgehead atoms. The summed E-state index contributed by atoms with van der Waals surface area (Å²) in [5, 5.41) is 4.18. The first-order valence-corrected chi connectivity index (χ1v) is 7.82. The Morgan fingerprint density at radius 2 is 2.00 bits per heavy atom. The number of aryl methyl sites for hydroxylation is 1. The zero-order valence-electron chi connectivity index (χ0n) is 13.7. The van der Waals surface area contributed by atoms with Gasteiger partial charge in [-0.1, -0.05) is 0 Å². The van der Waals surface area contributed by atoms with Crippen LogP contribution in [0.5, 0.6) is 0 Å². The molecule has 3 heterocycles. The quantitative estimate of drug-likeness (QED) is 0.861. The van der Waals surface area contributed by atoms with Crippen LogP contribution < -0.4 is 4.90 Å². The summed E-state index contributed by atoms with van der Waals surface area (Å²) in [7, 11) is 1.89. The molecule has 1 unspecified atom stereocenters. The van der Waals surface area contributed by atoms with Crippen molar-refractivity contribution in [2.45, 2.75) is 25.7 Å². The Labute approximate surface area is 138 Å². The van der Waals surface area contributed by atoms with Crippen molar-refractivity contribution in [3.8, 4) is 0 Å². The summed E-state index contributed by atoms with van der Waals surface area (Å²) in [6.07, 6.45) is 0.413. The van der Waals surface area contributed by atoms with E-state index in [-0.39, 0.29) is 6.04 Å². The van der Waals surface area contributed by atoms with Gasteiger partial charge in [0.1, 0.15) is 5.82 Å². The van der Waals surface area contributed by atoms with Crippen LogP contribution in [0, 0.1) is 0 Å². The third-order valence-corrected chi connectivity index (χ3v) is 4.31. The lowest BCUT2D eigenvalue weighted by Gasteiger charge is -2.40. The van der Waals surface area contributed by atoms with Gasteiger partial charge in [0.2, 0.25) is 0 Å². The zero-order chi connectivity index (χ0) is 17.3. The van der Waals surface area contributed by atoms with Crippen LogP contribution in [0.3, 0.4) is 0 Å². The number of pyridine rings is 1. The van der Waals surface area contributed by atoms with Gasteiger partial charge in [-0.15, -0.1) is 0 Å². The van der Waals surface area contributed by atoms with Gasteiger partial charge in [-0.2, -0.15) is 18.3 Å². The predicted molar refractivity (Wildman–Crippen MR) is 84.5 cm³/mol. The van der Waals surface area contributed by atoms with Crippen molar-refractivity contribution in [1.29, 1.82) is 0 Å². The number of nitrogens with zero attached hydrogens (tertiary/aromatic N) is 5. The second kappa shape index (κ2) is 6.43. The average Bonchev–Trinajstić information content (AvgIpc) is 2.94. The molecular formula is C16H20F3N5. The lowest BCUT2D eigenvalue weighted by molar-refractivity contribution is -0.137. The van der Waals surface area contributed by atoms with E-state index in [0.29, 0.717) is 5.82 Å². The van der Waals surface area contributed by atoms with Gasteiger partial charge < -0.3 is 4.90 Å². The van der Waals surface area contributed by atoms with Crippen LogP contribution in [0.2, 0.25) is 0 Å². The zero-order valence-corrected chi connectivity index (χ0v) is 13.7. The van der Waals surface area contributed by atoms with Gasteiger partial charge in [-0.25, -0.2) is 4.98 Å². The van der Waals surface area contributed by atoms with Gasteiger partial charge in [0, 0.05) is 57.2 Å². The summed E-state index contributed by atoms with van der Waals surface area (Å²) in [5.41, 5.74) is 0.444. The van der Waals surface area contributed by atoms with Gasteiger partial charge in [0.15, 0.2) is 0 Å². The number of anilines is 1. The van der Waals surface area contributed by atoms with E-state index in [0.717, 1.165) is 44.0 Å². The van der Waals surface area contributed by atoms with Crippen LogP contribution in [0.25, 0.3) is 0 Å². The number of piperazine rings is 1. The van der Waals surface area contributed by atoms with Crippen molar-refractivity contribution < 1.29 is 13.2 Å². The number of hydrogen-bond acceptors (Lipinski definition) is 4. The highest BCUT2D eigenvalue weighted by molar-refractivity contribution is 5.40. The fourth-order valence-corrected chi connectivity index (χ4v) is 2.97. The van der Waals surface area contributed by atoms with Gasteiger partial charge in [0.05, 0.1) is 11.8 Å². The molecule has 3 rings (SSSR count). The van der Waals surface area contributed by atoms with Crippen molar-refractivity contribution in [3.63, 3.8) is 0 Å². The van der Waals surface area contributed by atoms with E-state index in [1.54, 1.807) is 4.68 Å². The van der Waals surface area contributed by atoms with Crippen molar-refractivity contribution in [2.75, 3.05) is 24.5 Å². The number of aromatic nitrogens is 3. The summed E-state index contributed by atoms with van der Waals surface area (Å²) < 4.78 is 39.6. The molecule has 0 spiro atoms. The lowest BCUT2D eigenvalue weighted by atomic mass is 10.1. The third kappa shape index (κ3) is 3.69. The summed E-state index contributed by atoms with van der Waals surface area (Å²) >= 11 is 0. The Kier molecular flexibility index (Phi) is 4.49. The Morgan fingerprint density at radius 3 is 2.54 bits per heavy atom. The molecule has 1 fully saturated rings. The van der Waals surface area contributed by atoms with Crippen molar-refractivity contribution in [1.82, 2.24) is 19.7 Å². The molecule has 0 amide bonds. The minimum absolute atomic E-state index is 0.281. The molecule has 2 aromatic heterocycles. The standard InChI is InChI=1S/C16H20F3N5/c1-12-9-24(15-4-3-14(8-20-15)16(17,18)19)6-5-23(12)11-13-7-21-22(2)10-13/h3-4,7-8,10,12H,5-6,9,11H2,1-2H3. The SMILES string of the molecule is CC1CN(c2ccc(C(F)(F)F)cn2)CCN1Cc1cnn(C)c1. The summed E-state index contributed by atoms with van der Waals surface area (Å²) in [5.74, 6) is 0.593. The topological polar surface area (TPSA) is 37.2 Å². The molecule has 0 aliphatic carbocycles. The number of halogens is 3. The summed E-state index contributed by atoms with van der Waals surface area (Å²) in [4.78, 5) is 8.37. The average molecular weight is 339 g/mol. The maximum Gasteiger partial charge on any atom is 0.417 e. The van der Waals surface area contributed by atoms with Crippen LogP contribution in [0.1, 0.15) is 18.1 Å². The smallest absolute Gasteiger partial charge is 0.354 e. The van der Waals surface area contributed by atoms with E-state index in [1.165, 1.54) is 6.07 Å². The lowest BCUT2D eigenvalue weighted by Crippen LogP contribution is -2.51. The first kappa shape index (κ1) is 16.8. The molecule has 130 valence electrons. The monoisotopic (exact) mass is 339 g/mol. The molecular weight excluding hydrogens is 319 g/mol. The highest BCUT2D eigenvalue weighted by Crippen LogP contribution is 2.29. The molecule has 24 heavy (non-hydrogen) atoms. The van der Waals surface area contributed by atoms with Crippen LogP contribution in [0.15, 0.2) is 30.7 Å². The first-order chi connectivity index (χ1) is 11.3. The molecule has 1 aliphatic rings. The van der Waals surface area contributed by atoms with Crippen LogP contribution >= 0.6 is 0 Å². The Balaban J connectivity index is 1.62. The van der Waals surface area contributed by atoms with Gasteiger partial charge in [0.25, 0.3) is 0 Å². The van der Waals surface area contributed by atoms with Gasteiger partial charge in [-0.3, -0.25) is 9.58 Å². The molecule has 0 N–H and O–H groups in total. The molecule has 0 radical (unpaired) electrons. The predicted octanol–water partition coefficient (Wildman–Crippen LogP) is 2.54. The van der Waals surface area contributed by atoms with Gasteiger partial charge in [-0.05, 0) is 19.1 Å². The third-order valence-electron chi connectivity index (χ3n) is 4.31. The van der Waals surface area contributed by atoms with Crippen molar-refractivity contribution in [2.24, 2.45) is 7.05 Å².